The summed E-state index contributed by atoms with van der Waals surface area (Å²) in [6.07, 6.45) is 1.94. The number of nitrogens with two attached hydrogens (primary N) is 1. The van der Waals surface area contributed by atoms with Gasteiger partial charge < -0.3 is 15.0 Å². The maximum absolute atomic E-state index is 14.4. The van der Waals surface area contributed by atoms with Crippen LogP contribution in [-0.4, -0.2) is 11.1 Å². The Labute approximate surface area is 139 Å². The SMILES string of the molecule is CC(CN)c1cn(C)c2ccc(F)c(OCc3ccccc3F)c12. The van der Waals surface area contributed by atoms with E-state index in [-0.39, 0.29) is 24.1 Å². The Morgan fingerprint density at radius 1 is 1.12 bits per heavy atom. The van der Waals surface area contributed by atoms with Crippen molar-refractivity contribution in [1.29, 1.82) is 0 Å². The van der Waals surface area contributed by atoms with Crippen molar-refractivity contribution in [3.05, 3.63) is 65.4 Å². The van der Waals surface area contributed by atoms with Gasteiger partial charge in [-0.25, -0.2) is 8.78 Å². The molecular weight excluding hydrogens is 310 g/mol. The first-order valence-electron chi connectivity index (χ1n) is 7.86. The van der Waals surface area contributed by atoms with Gasteiger partial charge in [-0.2, -0.15) is 0 Å². The first kappa shape index (κ1) is 16.5. The van der Waals surface area contributed by atoms with E-state index >= 15 is 0 Å². The van der Waals surface area contributed by atoms with Gasteiger partial charge in [0, 0.05) is 24.2 Å². The predicted molar refractivity (Wildman–Crippen MR) is 91.1 cm³/mol. The highest BCUT2D eigenvalue weighted by Crippen LogP contribution is 2.36. The van der Waals surface area contributed by atoms with E-state index in [1.807, 2.05) is 24.7 Å². The van der Waals surface area contributed by atoms with Crippen LogP contribution in [0, 0.1) is 11.6 Å². The Balaban J connectivity index is 2.06. The van der Waals surface area contributed by atoms with Crippen LogP contribution in [0.2, 0.25) is 0 Å². The summed E-state index contributed by atoms with van der Waals surface area (Å²) in [5.41, 5.74) is 7.96. The summed E-state index contributed by atoms with van der Waals surface area (Å²) in [5.74, 6) is -0.623. The largest absolute Gasteiger partial charge is 0.485 e. The minimum Gasteiger partial charge on any atom is -0.485 e. The molecule has 0 amide bonds. The zero-order valence-electron chi connectivity index (χ0n) is 13.7. The fraction of sp³-hybridized carbons (Fsp3) is 0.263. The van der Waals surface area contributed by atoms with Crippen molar-refractivity contribution in [3.8, 4) is 5.75 Å². The van der Waals surface area contributed by atoms with E-state index in [4.69, 9.17) is 10.5 Å². The molecule has 1 atom stereocenters. The molecule has 0 saturated carbocycles. The summed E-state index contributed by atoms with van der Waals surface area (Å²) in [6.45, 7) is 2.40. The Morgan fingerprint density at radius 3 is 2.58 bits per heavy atom. The molecule has 1 aromatic heterocycles. The fourth-order valence-electron chi connectivity index (χ4n) is 2.87. The van der Waals surface area contributed by atoms with E-state index in [2.05, 4.69) is 0 Å². The average molecular weight is 330 g/mol. The molecule has 0 aliphatic heterocycles. The summed E-state index contributed by atoms with van der Waals surface area (Å²) in [5, 5.41) is 0.701. The summed E-state index contributed by atoms with van der Waals surface area (Å²) >= 11 is 0. The Morgan fingerprint density at radius 2 is 1.88 bits per heavy atom. The van der Waals surface area contributed by atoms with Crippen molar-refractivity contribution in [3.63, 3.8) is 0 Å². The van der Waals surface area contributed by atoms with Gasteiger partial charge in [-0.1, -0.05) is 25.1 Å². The molecule has 2 N–H and O–H groups in total. The number of hydrogen-bond acceptors (Lipinski definition) is 2. The smallest absolute Gasteiger partial charge is 0.165 e. The maximum Gasteiger partial charge on any atom is 0.165 e. The molecule has 1 unspecified atom stereocenters. The van der Waals surface area contributed by atoms with Gasteiger partial charge in [-0.05, 0) is 36.2 Å². The lowest BCUT2D eigenvalue weighted by molar-refractivity contribution is 0.288. The van der Waals surface area contributed by atoms with Gasteiger partial charge in [0.1, 0.15) is 12.4 Å². The monoisotopic (exact) mass is 330 g/mol. The van der Waals surface area contributed by atoms with Gasteiger partial charge in [-0.15, -0.1) is 0 Å². The molecule has 0 fully saturated rings. The maximum atomic E-state index is 14.4. The second kappa shape index (κ2) is 6.61. The summed E-state index contributed by atoms with van der Waals surface area (Å²) in [4.78, 5) is 0. The van der Waals surface area contributed by atoms with Crippen LogP contribution in [0.5, 0.6) is 5.75 Å². The first-order chi connectivity index (χ1) is 11.5. The highest BCUT2D eigenvalue weighted by molar-refractivity contribution is 5.90. The van der Waals surface area contributed by atoms with Gasteiger partial charge in [0.15, 0.2) is 11.6 Å². The quantitative estimate of drug-likeness (QED) is 0.765. The van der Waals surface area contributed by atoms with Crippen LogP contribution in [0.15, 0.2) is 42.6 Å². The van der Waals surface area contributed by atoms with E-state index in [1.54, 1.807) is 24.3 Å². The molecule has 0 saturated heterocycles. The van der Waals surface area contributed by atoms with Crippen LogP contribution in [0.1, 0.15) is 24.0 Å². The lowest BCUT2D eigenvalue weighted by atomic mass is 10.00. The molecule has 2 aromatic carbocycles. The minimum absolute atomic E-state index is 0.0337. The molecule has 0 bridgehead atoms. The van der Waals surface area contributed by atoms with Crippen LogP contribution in [0.25, 0.3) is 10.9 Å². The summed E-state index contributed by atoms with van der Waals surface area (Å²) in [6, 6.07) is 9.41. The van der Waals surface area contributed by atoms with Crippen molar-refractivity contribution in [1.82, 2.24) is 4.57 Å². The summed E-state index contributed by atoms with van der Waals surface area (Å²) in [7, 11) is 1.90. The molecule has 5 heteroatoms. The average Bonchev–Trinajstić information content (AvgIpc) is 2.91. The van der Waals surface area contributed by atoms with Crippen LogP contribution >= 0.6 is 0 Å². The van der Waals surface area contributed by atoms with Crippen molar-refractivity contribution in [2.75, 3.05) is 6.54 Å². The van der Waals surface area contributed by atoms with Gasteiger partial charge in [-0.3, -0.25) is 0 Å². The van der Waals surface area contributed by atoms with Crippen molar-refractivity contribution in [2.45, 2.75) is 19.4 Å². The number of benzene rings is 2. The van der Waals surface area contributed by atoms with E-state index in [0.717, 1.165) is 11.1 Å². The number of aryl methyl sites for hydroxylation is 1. The van der Waals surface area contributed by atoms with Crippen LogP contribution in [0.3, 0.4) is 0 Å². The fourth-order valence-corrected chi connectivity index (χ4v) is 2.87. The molecule has 3 aromatic rings. The van der Waals surface area contributed by atoms with Gasteiger partial charge in [0.2, 0.25) is 0 Å². The van der Waals surface area contributed by atoms with Gasteiger partial charge in [0.25, 0.3) is 0 Å². The molecule has 0 spiro atoms. The third-order valence-corrected chi connectivity index (χ3v) is 4.30. The molecule has 0 radical (unpaired) electrons. The van der Waals surface area contributed by atoms with Crippen molar-refractivity contribution >= 4 is 10.9 Å². The standard InChI is InChI=1S/C19H20F2N2O/c1-12(9-22)14-10-23(2)17-8-7-16(21)19(18(14)17)24-11-13-5-3-4-6-15(13)20/h3-8,10,12H,9,11,22H2,1-2H3. The molecule has 126 valence electrons. The molecule has 24 heavy (non-hydrogen) atoms. The lowest BCUT2D eigenvalue weighted by Gasteiger charge is -2.13. The number of ether oxygens (including phenoxy) is 1. The molecule has 3 nitrogen and oxygen atoms in total. The molecule has 1 heterocycles. The second-order valence-electron chi connectivity index (χ2n) is 5.98. The minimum atomic E-state index is -0.462. The topological polar surface area (TPSA) is 40.2 Å². The Kier molecular flexibility index (Phi) is 4.53. The predicted octanol–water partition coefficient (Wildman–Crippen LogP) is 4.10. The van der Waals surface area contributed by atoms with Crippen molar-refractivity contribution in [2.24, 2.45) is 12.8 Å². The van der Waals surface area contributed by atoms with E-state index < -0.39 is 5.82 Å². The van der Waals surface area contributed by atoms with Crippen LogP contribution in [0.4, 0.5) is 8.78 Å². The Bertz CT molecular complexity index is 873. The number of hydrogen-bond donors (Lipinski definition) is 1. The van der Waals surface area contributed by atoms with Crippen LogP contribution < -0.4 is 10.5 Å². The molecule has 0 aliphatic carbocycles. The van der Waals surface area contributed by atoms with E-state index in [9.17, 15) is 8.78 Å². The Hall–Kier alpha value is -2.40. The number of fused-ring (bicyclic) bond motifs is 1. The second-order valence-corrected chi connectivity index (χ2v) is 5.98. The highest BCUT2D eigenvalue weighted by atomic mass is 19.1. The zero-order valence-corrected chi connectivity index (χ0v) is 13.7. The van der Waals surface area contributed by atoms with Gasteiger partial charge in [0.05, 0.1) is 5.52 Å². The third kappa shape index (κ3) is 2.87. The van der Waals surface area contributed by atoms with E-state index in [0.29, 0.717) is 17.5 Å². The highest BCUT2D eigenvalue weighted by Gasteiger charge is 2.19. The lowest BCUT2D eigenvalue weighted by Crippen LogP contribution is -2.09. The third-order valence-electron chi connectivity index (χ3n) is 4.30. The van der Waals surface area contributed by atoms with Crippen molar-refractivity contribution < 1.29 is 13.5 Å². The zero-order chi connectivity index (χ0) is 17.3. The molecular formula is C19H20F2N2O. The van der Waals surface area contributed by atoms with E-state index in [1.165, 1.54) is 12.1 Å². The number of rotatable bonds is 5. The molecule has 0 aliphatic rings. The first-order valence-corrected chi connectivity index (χ1v) is 7.86. The number of aromatic nitrogens is 1. The summed E-state index contributed by atoms with van der Waals surface area (Å²) < 4.78 is 35.8. The van der Waals surface area contributed by atoms with Gasteiger partial charge >= 0.3 is 0 Å². The number of nitrogens with zero attached hydrogens (tertiary/aromatic N) is 1. The molecule has 3 rings (SSSR count). The normalized spacial score (nSPS) is 12.5. The number of halogens is 2. The van der Waals surface area contributed by atoms with Crippen LogP contribution in [-0.2, 0) is 13.7 Å².